The molecule has 2 aromatic carbocycles. The van der Waals surface area contributed by atoms with Crippen molar-refractivity contribution >= 4 is 56.3 Å². The molecular formula is C17H8Cl2FN3O2S. The molecule has 9 heteroatoms. The molecule has 2 aromatic heterocycles. The highest BCUT2D eigenvalue weighted by atomic mass is 35.5. The van der Waals surface area contributed by atoms with Crippen molar-refractivity contribution in [1.82, 2.24) is 10.2 Å². The minimum absolute atomic E-state index is 0.00760. The molecule has 130 valence electrons. The van der Waals surface area contributed by atoms with Gasteiger partial charge in [-0.25, -0.2) is 9.18 Å². The first-order chi connectivity index (χ1) is 12.5. The fraction of sp³-hybridized carbons (Fsp3) is 0. The Kier molecular flexibility index (Phi) is 4.36. The number of benzene rings is 2. The minimum atomic E-state index is -0.521. The monoisotopic (exact) mass is 407 g/mol. The average molecular weight is 408 g/mol. The first-order valence-electron chi connectivity index (χ1n) is 7.29. The van der Waals surface area contributed by atoms with Gasteiger partial charge in [-0.15, -0.1) is 10.2 Å². The maximum atomic E-state index is 13.2. The fourth-order valence-electron chi connectivity index (χ4n) is 2.32. The minimum Gasteiger partial charge on any atom is -0.422 e. The first-order valence-corrected chi connectivity index (χ1v) is 8.86. The van der Waals surface area contributed by atoms with Crippen LogP contribution in [0.5, 0.6) is 0 Å². The van der Waals surface area contributed by atoms with Crippen LogP contribution in [0, 0.1) is 5.82 Å². The third-order valence-electron chi connectivity index (χ3n) is 3.52. The zero-order valence-electron chi connectivity index (χ0n) is 12.8. The summed E-state index contributed by atoms with van der Waals surface area (Å²) in [7, 11) is 0. The largest absolute Gasteiger partial charge is 0.422 e. The van der Waals surface area contributed by atoms with Crippen molar-refractivity contribution in [2.45, 2.75) is 0 Å². The number of aromatic nitrogens is 2. The van der Waals surface area contributed by atoms with Crippen molar-refractivity contribution in [2.24, 2.45) is 0 Å². The van der Waals surface area contributed by atoms with Crippen LogP contribution in [0.3, 0.4) is 0 Å². The van der Waals surface area contributed by atoms with Crippen LogP contribution < -0.4 is 10.9 Å². The molecule has 0 aliphatic carbocycles. The van der Waals surface area contributed by atoms with Crippen LogP contribution in [-0.2, 0) is 0 Å². The Morgan fingerprint density at radius 1 is 1.08 bits per heavy atom. The standard InChI is InChI=1S/C17H8Cl2FN3O2S/c18-9-1-4-14-8(5-9)6-11(16(24)25-14)15-22-23-17(26-15)21-10-2-3-13(20)12(19)7-10/h1-7H,(H,21,23). The summed E-state index contributed by atoms with van der Waals surface area (Å²) >= 11 is 12.9. The molecule has 5 nitrogen and oxygen atoms in total. The number of hydrogen-bond acceptors (Lipinski definition) is 6. The Morgan fingerprint density at radius 2 is 1.92 bits per heavy atom. The first kappa shape index (κ1) is 17.0. The lowest BCUT2D eigenvalue weighted by Crippen LogP contribution is -2.02. The van der Waals surface area contributed by atoms with Crippen molar-refractivity contribution in [3.63, 3.8) is 0 Å². The maximum absolute atomic E-state index is 13.2. The van der Waals surface area contributed by atoms with E-state index >= 15 is 0 Å². The van der Waals surface area contributed by atoms with Crippen LogP contribution in [-0.4, -0.2) is 10.2 Å². The van der Waals surface area contributed by atoms with E-state index in [9.17, 15) is 9.18 Å². The SMILES string of the molecule is O=c1oc2ccc(Cl)cc2cc1-c1nnc(Nc2ccc(F)c(Cl)c2)s1. The zero-order valence-corrected chi connectivity index (χ0v) is 15.1. The number of halogens is 3. The Labute approximate surface area is 160 Å². The van der Waals surface area contributed by atoms with Gasteiger partial charge in [-0.3, -0.25) is 0 Å². The summed E-state index contributed by atoms with van der Waals surface area (Å²) in [5.74, 6) is -0.511. The molecule has 1 N–H and O–H groups in total. The van der Waals surface area contributed by atoms with Gasteiger partial charge in [-0.1, -0.05) is 34.5 Å². The summed E-state index contributed by atoms with van der Waals surface area (Å²) in [5, 5.41) is 13.0. The number of anilines is 2. The summed E-state index contributed by atoms with van der Waals surface area (Å²) in [6.07, 6.45) is 0. The molecular weight excluding hydrogens is 400 g/mol. The summed E-state index contributed by atoms with van der Waals surface area (Å²) in [6, 6.07) is 10.8. The van der Waals surface area contributed by atoms with E-state index in [1.165, 1.54) is 18.2 Å². The van der Waals surface area contributed by atoms with E-state index < -0.39 is 11.4 Å². The molecule has 0 aliphatic rings. The number of nitrogens with one attached hydrogen (secondary N) is 1. The van der Waals surface area contributed by atoms with Gasteiger partial charge in [0.15, 0.2) is 5.01 Å². The van der Waals surface area contributed by atoms with Gasteiger partial charge in [-0.2, -0.15) is 0 Å². The number of rotatable bonds is 3. The molecule has 0 saturated heterocycles. The van der Waals surface area contributed by atoms with E-state index in [1.807, 2.05) is 0 Å². The van der Waals surface area contributed by atoms with E-state index in [4.69, 9.17) is 27.6 Å². The Morgan fingerprint density at radius 3 is 2.73 bits per heavy atom. The summed E-state index contributed by atoms with van der Waals surface area (Å²) in [5.41, 5.74) is 0.748. The lowest BCUT2D eigenvalue weighted by atomic mass is 10.2. The molecule has 0 saturated carbocycles. The molecule has 0 radical (unpaired) electrons. The molecule has 4 aromatic rings. The van der Waals surface area contributed by atoms with Gasteiger partial charge in [0.05, 0.1) is 10.6 Å². The second-order valence-electron chi connectivity index (χ2n) is 5.30. The van der Waals surface area contributed by atoms with E-state index in [-0.39, 0.29) is 10.6 Å². The zero-order chi connectivity index (χ0) is 18.3. The molecule has 0 bridgehead atoms. The maximum Gasteiger partial charge on any atom is 0.346 e. The van der Waals surface area contributed by atoms with Crippen LogP contribution >= 0.6 is 34.5 Å². The van der Waals surface area contributed by atoms with E-state index in [0.717, 1.165) is 11.3 Å². The van der Waals surface area contributed by atoms with Crippen molar-refractivity contribution in [3.8, 4) is 10.6 Å². The quantitative estimate of drug-likeness (QED) is 0.454. The highest BCUT2D eigenvalue weighted by Gasteiger charge is 2.14. The molecule has 0 unspecified atom stereocenters. The van der Waals surface area contributed by atoms with Gasteiger partial charge in [0.25, 0.3) is 0 Å². The number of fused-ring (bicyclic) bond motifs is 1. The molecule has 0 fully saturated rings. The Hall–Kier alpha value is -2.48. The van der Waals surface area contributed by atoms with E-state index in [1.54, 1.807) is 24.3 Å². The highest BCUT2D eigenvalue weighted by molar-refractivity contribution is 7.18. The third-order valence-corrected chi connectivity index (χ3v) is 4.92. The Balaban J connectivity index is 1.69. The van der Waals surface area contributed by atoms with Crippen molar-refractivity contribution < 1.29 is 8.81 Å². The van der Waals surface area contributed by atoms with Crippen molar-refractivity contribution in [1.29, 1.82) is 0 Å². The van der Waals surface area contributed by atoms with Gasteiger partial charge >= 0.3 is 5.63 Å². The van der Waals surface area contributed by atoms with Crippen LogP contribution in [0.1, 0.15) is 0 Å². The van der Waals surface area contributed by atoms with E-state index in [2.05, 4.69) is 15.5 Å². The molecule has 2 heterocycles. The van der Waals surface area contributed by atoms with Gasteiger partial charge in [0.1, 0.15) is 11.4 Å². The second-order valence-corrected chi connectivity index (χ2v) is 7.12. The Bertz CT molecular complexity index is 1190. The normalized spacial score (nSPS) is 11.0. The smallest absolute Gasteiger partial charge is 0.346 e. The van der Waals surface area contributed by atoms with Gasteiger partial charge in [-0.05, 0) is 42.5 Å². The van der Waals surface area contributed by atoms with Gasteiger partial charge in [0, 0.05) is 16.1 Å². The van der Waals surface area contributed by atoms with Crippen molar-refractivity contribution in [3.05, 3.63) is 68.7 Å². The topological polar surface area (TPSA) is 68.0 Å². The fourth-order valence-corrected chi connectivity index (χ4v) is 3.45. The van der Waals surface area contributed by atoms with Crippen LogP contribution in [0.2, 0.25) is 10.0 Å². The van der Waals surface area contributed by atoms with Crippen LogP contribution in [0.25, 0.3) is 21.5 Å². The van der Waals surface area contributed by atoms with Crippen LogP contribution in [0.4, 0.5) is 15.2 Å². The predicted molar refractivity (Wildman–Crippen MR) is 101 cm³/mol. The molecule has 0 aliphatic heterocycles. The molecule has 4 rings (SSSR count). The molecule has 0 spiro atoms. The van der Waals surface area contributed by atoms with Crippen LogP contribution in [0.15, 0.2) is 51.7 Å². The van der Waals surface area contributed by atoms with Crippen molar-refractivity contribution in [2.75, 3.05) is 5.32 Å². The second kappa shape index (κ2) is 6.68. The average Bonchev–Trinajstić information content (AvgIpc) is 3.06. The summed E-state index contributed by atoms with van der Waals surface area (Å²) in [6.45, 7) is 0. The highest BCUT2D eigenvalue weighted by Crippen LogP contribution is 2.30. The number of hydrogen-bond donors (Lipinski definition) is 1. The van der Waals surface area contributed by atoms with Gasteiger partial charge < -0.3 is 9.73 Å². The molecule has 26 heavy (non-hydrogen) atoms. The van der Waals surface area contributed by atoms with Gasteiger partial charge in [0.2, 0.25) is 5.13 Å². The lowest BCUT2D eigenvalue weighted by Gasteiger charge is -2.02. The summed E-state index contributed by atoms with van der Waals surface area (Å²) < 4.78 is 18.5. The predicted octanol–water partition coefficient (Wildman–Crippen LogP) is 5.50. The molecule has 0 atom stereocenters. The molecule has 0 amide bonds. The number of nitrogens with zero attached hydrogens (tertiary/aromatic N) is 2. The third kappa shape index (κ3) is 3.29. The summed E-state index contributed by atoms with van der Waals surface area (Å²) in [4.78, 5) is 12.2. The lowest BCUT2D eigenvalue weighted by molar-refractivity contribution is 0.563. The van der Waals surface area contributed by atoms with E-state index in [0.29, 0.717) is 31.8 Å².